The monoisotopic (exact) mass is 332 g/mol. The van der Waals surface area contributed by atoms with Crippen LogP contribution in [0.3, 0.4) is 0 Å². The Morgan fingerprint density at radius 2 is 1.35 bits per heavy atom. The highest BCUT2D eigenvalue weighted by Crippen LogP contribution is 2.32. The molecule has 0 aliphatic heterocycles. The molecule has 0 aliphatic rings. The van der Waals surface area contributed by atoms with Gasteiger partial charge in [-0.05, 0) is 73.2 Å². The summed E-state index contributed by atoms with van der Waals surface area (Å²) in [7, 11) is 0. The third kappa shape index (κ3) is 2.63. The minimum absolute atomic E-state index is 0.404. The molecule has 0 spiro atoms. The van der Waals surface area contributed by atoms with Crippen LogP contribution in [0.1, 0.15) is 32.6 Å². The largest absolute Gasteiger partial charge is 0.478 e. The van der Waals surface area contributed by atoms with E-state index < -0.39 is 5.97 Å². The smallest absolute Gasteiger partial charge is 0.336 e. The molecule has 3 heteroatoms. The van der Waals surface area contributed by atoms with E-state index in [-0.39, 0.29) is 0 Å². The van der Waals surface area contributed by atoms with Crippen LogP contribution >= 0.6 is 15.9 Å². The Balaban J connectivity index is 2.70. The highest BCUT2D eigenvalue weighted by atomic mass is 79.9. The van der Waals surface area contributed by atoms with Gasteiger partial charge in [-0.25, -0.2) is 4.79 Å². The van der Waals surface area contributed by atoms with Gasteiger partial charge in [0.25, 0.3) is 0 Å². The quantitative estimate of drug-likeness (QED) is 0.835. The standard InChI is InChI=1S/C17H17BrO2/c1-9-5-13(6-10(2)16(9)17(19)20)15-11(3)7-14(18)8-12(15)4/h5-8H,1-4H3,(H,19,20). The number of hydrogen-bond donors (Lipinski definition) is 1. The summed E-state index contributed by atoms with van der Waals surface area (Å²) in [6, 6.07) is 8.08. The zero-order chi connectivity index (χ0) is 15.0. The number of benzene rings is 2. The van der Waals surface area contributed by atoms with Crippen molar-refractivity contribution in [3.05, 3.63) is 56.6 Å². The van der Waals surface area contributed by atoms with Crippen LogP contribution in [0.4, 0.5) is 0 Å². The molecule has 0 saturated carbocycles. The van der Waals surface area contributed by atoms with Crippen LogP contribution in [-0.2, 0) is 0 Å². The van der Waals surface area contributed by atoms with Crippen LogP contribution in [0.5, 0.6) is 0 Å². The van der Waals surface area contributed by atoms with Gasteiger partial charge in [0.1, 0.15) is 0 Å². The highest BCUT2D eigenvalue weighted by molar-refractivity contribution is 9.10. The van der Waals surface area contributed by atoms with Crippen molar-refractivity contribution in [3.63, 3.8) is 0 Å². The fourth-order valence-corrected chi connectivity index (χ4v) is 3.50. The summed E-state index contributed by atoms with van der Waals surface area (Å²) in [5.41, 5.74) is 6.62. The van der Waals surface area contributed by atoms with Crippen LogP contribution in [0.25, 0.3) is 11.1 Å². The van der Waals surface area contributed by atoms with Gasteiger partial charge in [-0.15, -0.1) is 0 Å². The zero-order valence-corrected chi connectivity index (χ0v) is 13.6. The number of carboxylic acid groups (broad SMARTS) is 1. The molecular weight excluding hydrogens is 316 g/mol. The molecule has 0 atom stereocenters. The minimum atomic E-state index is -0.865. The average molecular weight is 333 g/mol. The maximum absolute atomic E-state index is 11.3. The lowest BCUT2D eigenvalue weighted by molar-refractivity contribution is 0.0695. The second-order valence-electron chi connectivity index (χ2n) is 5.20. The lowest BCUT2D eigenvalue weighted by Crippen LogP contribution is -2.03. The molecule has 0 bridgehead atoms. The van der Waals surface area contributed by atoms with E-state index in [0.29, 0.717) is 5.56 Å². The molecule has 1 N–H and O–H groups in total. The van der Waals surface area contributed by atoms with Gasteiger partial charge < -0.3 is 5.11 Å². The fourth-order valence-electron chi connectivity index (χ4n) is 2.81. The molecular formula is C17H17BrO2. The molecule has 2 aromatic rings. The molecule has 0 aromatic heterocycles. The summed E-state index contributed by atoms with van der Waals surface area (Å²) in [5.74, 6) is -0.865. The maximum atomic E-state index is 11.3. The molecule has 2 aromatic carbocycles. The summed E-state index contributed by atoms with van der Waals surface area (Å²) >= 11 is 3.50. The number of halogens is 1. The van der Waals surface area contributed by atoms with Crippen molar-refractivity contribution < 1.29 is 9.90 Å². The van der Waals surface area contributed by atoms with Gasteiger partial charge in [0.15, 0.2) is 0 Å². The van der Waals surface area contributed by atoms with Crippen molar-refractivity contribution in [2.75, 3.05) is 0 Å². The van der Waals surface area contributed by atoms with Crippen LogP contribution < -0.4 is 0 Å². The van der Waals surface area contributed by atoms with E-state index in [0.717, 1.165) is 21.2 Å². The topological polar surface area (TPSA) is 37.3 Å². The maximum Gasteiger partial charge on any atom is 0.336 e. The first-order valence-electron chi connectivity index (χ1n) is 6.43. The first-order chi connectivity index (χ1) is 9.31. The molecule has 104 valence electrons. The first-order valence-corrected chi connectivity index (χ1v) is 7.22. The lowest BCUT2D eigenvalue weighted by atomic mass is 9.91. The van der Waals surface area contributed by atoms with E-state index in [2.05, 4.69) is 41.9 Å². The number of hydrogen-bond acceptors (Lipinski definition) is 1. The Kier molecular flexibility index (Phi) is 4.00. The summed E-state index contributed by atoms with van der Waals surface area (Å²) in [6.45, 7) is 7.85. The SMILES string of the molecule is Cc1cc(-c2c(C)cc(Br)cc2C)cc(C)c1C(=O)O. The molecule has 0 saturated heterocycles. The van der Waals surface area contributed by atoms with Crippen molar-refractivity contribution >= 4 is 21.9 Å². The predicted octanol–water partition coefficient (Wildman–Crippen LogP) is 5.05. The predicted molar refractivity (Wildman–Crippen MR) is 85.5 cm³/mol. The third-order valence-corrected chi connectivity index (χ3v) is 3.99. The van der Waals surface area contributed by atoms with Gasteiger partial charge >= 0.3 is 5.97 Å². The molecule has 0 aliphatic carbocycles. The van der Waals surface area contributed by atoms with Crippen LogP contribution in [0.15, 0.2) is 28.7 Å². The Labute approximate surface area is 127 Å². The van der Waals surface area contributed by atoms with Crippen molar-refractivity contribution in [2.45, 2.75) is 27.7 Å². The van der Waals surface area contributed by atoms with Crippen LogP contribution in [0.2, 0.25) is 0 Å². The first kappa shape index (κ1) is 14.8. The van der Waals surface area contributed by atoms with Gasteiger partial charge in [0.2, 0.25) is 0 Å². The summed E-state index contributed by atoms with van der Waals surface area (Å²) < 4.78 is 1.06. The van der Waals surface area contributed by atoms with E-state index in [4.69, 9.17) is 0 Å². The van der Waals surface area contributed by atoms with Gasteiger partial charge in [-0.1, -0.05) is 28.1 Å². The number of aryl methyl sites for hydroxylation is 4. The molecule has 0 amide bonds. The number of aromatic carboxylic acids is 1. The van der Waals surface area contributed by atoms with Crippen molar-refractivity contribution in [3.8, 4) is 11.1 Å². The number of rotatable bonds is 2. The Hall–Kier alpha value is -1.61. The van der Waals surface area contributed by atoms with Crippen molar-refractivity contribution in [1.82, 2.24) is 0 Å². The normalized spacial score (nSPS) is 10.7. The van der Waals surface area contributed by atoms with Crippen molar-refractivity contribution in [2.24, 2.45) is 0 Å². The Bertz CT molecular complexity index is 656. The van der Waals surface area contributed by atoms with Crippen LogP contribution in [-0.4, -0.2) is 11.1 Å². The molecule has 0 fully saturated rings. The Morgan fingerprint density at radius 1 is 0.900 bits per heavy atom. The molecule has 2 nitrogen and oxygen atoms in total. The van der Waals surface area contributed by atoms with E-state index in [1.54, 1.807) is 0 Å². The molecule has 0 radical (unpaired) electrons. The van der Waals surface area contributed by atoms with E-state index in [1.807, 2.05) is 26.0 Å². The molecule has 2 rings (SSSR count). The fraction of sp³-hybridized carbons (Fsp3) is 0.235. The summed E-state index contributed by atoms with van der Waals surface area (Å²) in [4.78, 5) is 11.3. The van der Waals surface area contributed by atoms with Gasteiger partial charge in [0, 0.05) is 4.47 Å². The van der Waals surface area contributed by atoms with E-state index in [1.165, 1.54) is 16.7 Å². The number of carbonyl (C=O) groups is 1. The van der Waals surface area contributed by atoms with E-state index in [9.17, 15) is 9.90 Å². The van der Waals surface area contributed by atoms with E-state index >= 15 is 0 Å². The molecule has 0 unspecified atom stereocenters. The Morgan fingerprint density at radius 3 is 1.75 bits per heavy atom. The zero-order valence-electron chi connectivity index (χ0n) is 12.0. The number of carboxylic acids is 1. The van der Waals surface area contributed by atoms with Gasteiger partial charge in [0.05, 0.1) is 5.56 Å². The second kappa shape index (κ2) is 5.41. The average Bonchev–Trinajstić information content (AvgIpc) is 2.25. The third-order valence-electron chi connectivity index (χ3n) is 3.53. The van der Waals surface area contributed by atoms with Crippen molar-refractivity contribution in [1.29, 1.82) is 0 Å². The highest BCUT2D eigenvalue weighted by Gasteiger charge is 2.14. The molecule has 0 heterocycles. The second-order valence-corrected chi connectivity index (χ2v) is 6.12. The summed E-state index contributed by atoms with van der Waals surface area (Å²) in [6.07, 6.45) is 0. The molecule has 20 heavy (non-hydrogen) atoms. The van der Waals surface area contributed by atoms with Crippen LogP contribution in [0, 0.1) is 27.7 Å². The van der Waals surface area contributed by atoms with Gasteiger partial charge in [-0.3, -0.25) is 0 Å². The lowest BCUT2D eigenvalue weighted by Gasteiger charge is -2.14. The minimum Gasteiger partial charge on any atom is -0.478 e. The summed E-state index contributed by atoms with van der Waals surface area (Å²) in [5, 5.41) is 9.25. The van der Waals surface area contributed by atoms with Gasteiger partial charge in [-0.2, -0.15) is 0 Å².